The van der Waals surface area contributed by atoms with Crippen LogP contribution in [0.1, 0.15) is 12.8 Å². The standard InChI is InChI=1S/C4H6ClN/c5-3-1-2-4-6/h1-3H2/i4+1,6+1. The molecule has 0 atom stereocenters. The van der Waals surface area contributed by atoms with Crippen molar-refractivity contribution in [2.45, 2.75) is 12.8 Å². The number of rotatable bonds is 2. The lowest BCUT2D eigenvalue weighted by Gasteiger charge is -1.75. The summed E-state index contributed by atoms with van der Waals surface area (Å²) in [5.41, 5.74) is 0. The summed E-state index contributed by atoms with van der Waals surface area (Å²) in [5, 5.41) is 7.89. The van der Waals surface area contributed by atoms with Gasteiger partial charge in [0.1, 0.15) is 0 Å². The van der Waals surface area contributed by atoms with Crippen molar-refractivity contribution in [2.24, 2.45) is 0 Å². The van der Waals surface area contributed by atoms with E-state index in [1.54, 1.807) is 0 Å². The van der Waals surface area contributed by atoms with Gasteiger partial charge in [0.2, 0.25) is 0 Å². The Morgan fingerprint density at radius 1 is 1.67 bits per heavy atom. The van der Waals surface area contributed by atoms with Gasteiger partial charge in [-0.3, -0.25) is 0 Å². The fraction of sp³-hybridized carbons (Fsp3) is 0.750. The van der Waals surface area contributed by atoms with Crippen LogP contribution in [0.3, 0.4) is 0 Å². The van der Waals surface area contributed by atoms with Crippen LogP contribution in [0, 0.1) is 11.3 Å². The van der Waals surface area contributed by atoms with E-state index in [0.29, 0.717) is 12.3 Å². The molecule has 0 aromatic rings. The van der Waals surface area contributed by atoms with Gasteiger partial charge in [-0.15, -0.1) is 11.6 Å². The van der Waals surface area contributed by atoms with Crippen molar-refractivity contribution < 1.29 is 0 Å². The Kier molecular flexibility index (Phi) is 4.60. The smallest absolute Gasteiger partial charge is 0.0622 e. The normalized spacial score (nSPS) is 7.33. The van der Waals surface area contributed by atoms with Crippen LogP contribution in [-0.4, -0.2) is 5.88 Å². The van der Waals surface area contributed by atoms with Crippen LogP contribution < -0.4 is 0 Å². The fourth-order valence-corrected chi connectivity index (χ4v) is 0.280. The van der Waals surface area contributed by atoms with Crippen molar-refractivity contribution in [1.82, 2.24) is 0 Å². The number of halogens is 1. The summed E-state index contributed by atoms with van der Waals surface area (Å²) >= 11 is 5.23. The molecule has 0 saturated carbocycles. The number of hydrogen-bond donors (Lipinski definition) is 0. The Balaban J connectivity index is 2.54. The van der Waals surface area contributed by atoms with Crippen molar-refractivity contribution in [3.05, 3.63) is 0 Å². The number of alkyl halides is 1. The average molecular weight is 106 g/mol. The molecule has 6 heavy (non-hydrogen) atoms. The van der Waals surface area contributed by atoms with E-state index < -0.39 is 0 Å². The molecule has 0 aromatic heterocycles. The molecule has 0 spiro atoms. The summed E-state index contributed by atoms with van der Waals surface area (Å²) in [4.78, 5) is 0. The van der Waals surface area contributed by atoms with Gasteiger partial charge in [-0.1, -0.05) is 0 Å². The summed E-state index contributed by atoms with van der Waals surface area (Å²) in [6, 6.07) is 1.98. The molecule has 0 fully saturated rings. The molecule has 0 aliphatic carbocycles. The number of hydrogen-bond acceptors (Lipinski definition) is 1. The van der Waals surface area contributed by atoms with E-state index in [4.69, 9.17) is 16.9 Å². The van der Waals surface area contributed by atoms with Crippen LogP contribution >= 0.6 is 11.6 Å². The third-order valence-corrected chi connectivity index (χ3v) is 0.689. The first-order chi connectivity index (χ1) is 2.91. The third-order valence-electron chi connectivity index (χ3n) is 0.422. The van der Waals surface area contributed by atoms with E-state index in [1.807, 2.05) is 6.07 Å². The first-order valence-corrected chi connectivity index (χ1v) is 2.38. The molecule has 0 aliphatic heterocycles. The zero-order chi connectivity index (χ0) is 4.83. The summed E-state index contributed by atoms with van der Waals surface area (Å²) < 4.78 is 0. The van der Waals surface area contributed by atoms with Crippen LogP contribution in [0.2, 0.25) is 0 Å². The molecule has 0 unspecified atom stereocenters. The van der Waals surface area contributed by atoms with E-state index in [2.05, 4.69) is 0 Å². The maximum Gasteiger partial charge on any atom is 0.0622 e. The fourth-order valence-electron chi connectivity index (χ4n) is 0.146. The number of nitrogens with zero attached hydrogens (tertiary/aromatic N) is 1. The molecule has 1 nitrogen and oxygen atoms in total. The van der Waals surface area contributed by atoms with Gasteiger partial charge in [0.05, 0.1) is 6.07 Å². The van der Waals surface area contributed by atoms with Crippen LogP contribution in [0.15, 0.2) is 0 Å². The number of nitriles is 1. The van der Waals surface area contributed by atoms with Crippen molar-refractivity contribution in [2.75, 3.05) is 5.88 Å². The summed E-state index contributed by atoms with van der Waals surface area (Å²) in [6.07, 6.45) is 1.40. The second-order valence-corrected chi connectivity index (χ2v) is 1.33. The molecular weight excluding hydrogens is 99.5 g/mol. The second kappa shape index (κ2) is 4.78. The molecule has 0 amide bonds. The minimum Gasteiger partial charge on any atom is -0.198 e. The van der Waals surface area contributed by atoms with Crippen LogP contribution in [0.5, 0.6) is 0 Å². The van der Waals surface area contributed by atoms with Gasteiger partial charge < -0.3 is 0 Å². The molecule has 0 rings (SSSR count). The van der Waals surface area contributed by atoms with Crippen LogP contribution in [0.25, 0.3) is 0 Å². The molecule has 34 valence electrons. The topological polar surface area (TPSA) is 23.8 Å². The SMILES string of the molecule is [15N]#[13C]CCCCl. The van der Waals surface area contributed by atoms with E-state index >= 15 is 0 Å². The van der Waals surface area contributed by atoms with Gasteiger partial charge in [-0.2, -0.15) is 5.26 Å². The molecule has 0 heterocycles. The Morgan fingerprint density at radius 2 is 2.33 bits per heavy atom. The van der Waals surface area contributed by atoms with E-state index in [-0.39, 0.29) is 0 Å². The molecular formula is C4H6ClN. The van der Waals surface area contributed by atoms with Crippen molar-refractivity contribution in [1.29, 1.82) is 5.26 Å². The predicted molar refractivity (Wildman–Crippen MR) is 25.6 cm³/mol. The lowest BCUT2D eigenvalue weighted by molar-refractivity contribution is 0.976. The minimum absolute atomic E-state index is 0.587. The quantitative estimate of drug-likeness (QED) is 0.226. The molecule has 0 radical (unpaired) electrons. The zero-order valence-electron chi connectivity index (χ0n) is 3.45. The maximum atomic E-state index is 7.89. The Hall–Kier alpha value is -0.220. The monoisotopic (exact) mass is 105 g/mol. The molecule has 0 saturated heterocycles. The van der Waals surface area contributed by atoms with Gasteiger partial charge in [-0.25, -0.2) is 0 Å². The minimum atomic E-state index is 0.587. The van der Waals surface area contributed by atoms with E-state index in [0.717, 1.165) is 6.42 Å². The largest absolute Gasteiger partial charge is 0.198 e. The molecule has 0 aromatic carbocycles. The highest BCUT2D eigenvalue weighted by Gasteiger charge is 1.76. The first kappa shape index (κ1) is 5.78. The Labute approximate surface area is 42.5 Å². The van der Waals surface area contributed by atoms with Crippen molar-refractivity contribution in [3.63, 3.8) is 0 Å². The Morgan fingerprint density at radius 3 is 2.50 bits per heavy atom. The molecule has 2 heteroatoms. The molecule has 0 N–H and O–H groups in total. The van der Waals surface area contributed by atoms with Gasteiger partial charge in [-0.05, 0) is 6.42 Å². The first-order valence-electron chi connectivity index (χ1n) is 1.84. The van der Waals surface area contributed by atoms with Crippen LogP contribution in [-0.2, 0) is 0 Å². The van der Waals surface area contributed by atoms with E-state index in [1.165, 1.54) is 0 Å². The Bertz CT molecular complexity index is 55.1. The van der Waals surface area contributed by atoms with Crippen molar-refractivity contribution in [3.8, 4) is 6.07 Å². The number of unbranched alkanes of at least 4 members (excludes halogenated alkanes) is 1. The van der Waals surface area contributed by atoms with Crippen LogP contribution in [0.4, 0.5) is 0 Å². The third kappa shape index (κ3) is 3.78. The molecule has 0 bridgehead atoms. The van der Waals surface area contributed by atoms with Gasteiger partial charge >= 0.3 is 0 Å². The zero-order valence-corrected chi connectivity index (χ0v) is 4.20. The van der Waals surface area contributed by atoms with E-state index in [9.17, 15) is 0 Å². The van der Waals surface area contributed by atoms with Gasteiger partial charge in [0.25, 0.3) is 0 Å². The summed E-state index contributed by atoms with van der Waals surface area (Å²) in [5.74, 6) is 0.605. The van der Waals surface area contributed by atoms with Gasteiger partial charge in [0.15, 0.2) is 0 Å². The highest BCUT2D eigenvalue weighted by Crippen LogP contribution is 1.86. The summed E-state index contributed by atoms with van der Waals surface area (Å²) in [7, 11) is 0. The predicted octanol–water partition coefficient (Wildman–Crippen LogP) is 1.53. The highest BCUT2D eigenvalue weighted by atomic mass is 35.5. The highest BCUT2D eigenvalue weighted by molar-refractivity contribution is 6.17. The lowest BCUT2D eigenvalue weighted by atomic mass is 10.5. The van der Waals surface area contributed by atoms with Crippen molar-refractivity contribution >= 4 is 11.6 Å². The lowest BCUT2D eigenvalue weighted by Crippen LogP contribution is -1.68. The average Bonchev–Trinajstić information content (AvgIpc) is 1.61. The second-order valence-electron chi connectivity index (χ2n) is 0.951. The maximum absolute atomic E-state index is 7.89. The van der Waals surface area contributed by atoms with Gasteiger partial charge in [0, 0.05) is 12.3 Å². The molecule has 0 aliphatic rings. The summed E-state index contributed by atoms with van der Waals surface area (Å²) in [6.45, 7) is 0.